The number of benzene rings is 2. The molecular weight excluding hydrogens is 212 g/mol. The lowest BCUT2D eigenvalue weighted by Gasteiger charge is -2.12. The summed E-state index contributed by atoms with van der Waals surface area (Å²) in [5.74, 6) is 0.854. The molecular formula is C14H16N2O. The van der Waals surface area contributed by atoms with Gasteiger partial charge in [-0.25, -0.2) is 0 Å². The molecule has 0 unspecified atom stereocenters. The van der Waals surface area contributed by atoms with Crippen molar-refractivity contribution >= 4 is 17.1 Å². The highest BCUT2D eigenvalue weighted by molar-refractivity contribution is 5.67. The third-order valence-corrected chi connectivity index (χ3v) is 2.38. The second-order valence-electron chi connectivity index (χ2n) is 3.68. The summed E-state index contributed by atoms with van der Waals surface area (Å²) in [6, 6.07) is 15.5. The second kappa shape index (κ2) is 5.25. The summed E-state index contributed by atoms with van der Waals surface area (Å²) >= 11 is 0. The van der Waals surface area contributed by atoms with Gasteiger partial charge in [0.1, 0.15) is 5.75 Å². The van der Waals surface area contributed by atoms with Crippen LogP contribution in [0.3, 0.4) is 0 Å². The van der Waals surface area contributed by atoms with Crippen LogP contribution in [0.25, 0.3) is 0 Å². The molecule has 0 amide bonds. The summed E-state index contributed by atoms with van der Waals surface area (Å²) in [6.45, 7) is 2.63. The fraction of sp³-hybridized carbons (Fsp3) is 0.143. The number of rotatable bonds is 4. The van der Waals surface area contributed by atoms with E-state index in [0.717, 1.165) is 22.8 Å². The number of ether oxygens (including phenoxy) is 1. The number of nitrogens with one attached hydrogen (secondary N) is 1. The molecule has 0 atom stereocenters. The average Bonchev–Trinajstić information content (AvgIpc) is 2.35. The van der Waals surface area contributed by atoms with Crippen molar-refractivity contribution in [3.63, 3.8) is 0 Å². The SMILES string of the molecule is CCOc1ccccc1Nc1ccc(N)cc1. The number of nitrogens with two attached hydrogens (primary N) is 1. The van der Waals surface area contributed by atoms with Gasteiger partial charge in [-0.15, -0.1) is 0 Å². The summed E-state index contributed by atoms with van der Waals surface area (Å²) in [4.78, 5) is 0. The molecule has 0 fully saturated rings. The zero-order valence-corrected chi connectivity index (χ0v) is 9.81. The van der Waals surface area contributed by atoms with Gasteiger partial charge in [-0.1, -0.05) is 12.1 Å². The molecule has 0 saturated heterocycles. The number of para-hydroxylation sites is 2. The van der Waals surface area contributed by atoms with Crippen LogP contribution < -0.4 is 15.8 Å². The van der Waals surface area contributed by atoms with Gasteiger partial charge in [-0.2, -0.15) is 0 Å². The lowest BCUT2D eigenvalue weighted by atomic mass is 10.2. The van der Waals surface area contributed by atoms with Crippen LogP contribution in [-0.4, -0.2) is 6.61 Å². The topological polar surface area (TPSA) is 47.3 Å². The van der Waals surface area contributed by atoms with E-state index in [2.05, 4.69) is 5.32 Å². The van der Waals surface area contributed by atoms with Crippen LogP contribution in [-0.2, 0) is 0 Å². The Bertz CT molecular complexity index is 480. The monoisotopic (exact) mass is 228 g/mol. The minimum atomic E-state index is 0.653. The van der Waals surface area contributed by atoms with E-state index in [-0.39, 0.29) is 0 Å². The predicted octanol–water partition coefficient (Wildman–Crippen LogP) is 3.41. The molecule has 2 aromatic rings. The molecule has 88 valence electrons. The van der Waals surface area contributed by atoms with Gasteiger partial charge < -0.3 is 15.8 Å². The quantitative estimate of drug-likeness (QED) is 0.788. The predicted molar refractivity (Wildman–Crippen MR) is 71.7 cm³/mol. The van der Waals surface area contributed by atoms with Crippen LogP contribution in [0.2, 0.25) is 0 Å². The molecule has 3 nitrogen and oxygen atoms in total. The van der Waals surface area contributed by atoms with Gasteiger partial charge in [-0.3, -0.25) is 0 Å². The first-order valence-electron chi connectivity index (χ1n) is 5.64. The van der Waals surface area contributed by atoms with Gasteiger partial charge in [-0.05, 0) is 43.3 Å². The van der Waals surface area contributed by atoms with Gasteiger partial charge in [0.05, 0.1) is 12.3 Å². The van der Waals surface area contributed by atoms with Crippen molar-refractivity contribution < 1.29 is 4.74 Å². The summed E-state index contributed by atoms with van der Waals surface area (Å²) in [5, 5.41) is 3.30. The zero-order chi connectivity index (χ0) is 12.1. The Morgan fingerprint density at radius 3 is 2.47 bits per heavy atom. The molecule has 0 aliphatic rings. The highest BCUT2D eigenvalue weighted by Crippen LogP contribution is 2.27. The van der Waals surface area contributed by atoms with Crippen molar-refractivity contribution in [3.05, 3.63) is 48.5 Å². The van der Waals surface area contributed by atoms with Gasteiger partial charge in [0.15, 0.2) is 0 Å². The van der Waals surface area contributed by atoms with Crippen molar-refractivity contribution in [2.24, 2.45) is 0 Å². The molecule has 3 heteroatoms. The molecule has 0 aliphatic heterocycles. The van der Waals surface area contributed by atoms with E-state index in [9.17, 15) is 0 Å². The number of hydrogen-bond acceptors (Lipinski definition) is 3. The van der Waals surface area contributed by atoms with E-state index in [1.807, 2.05) is 55.5 Å². The van der Waals surface area contributed by atoms with E-state index in [1.165, 1.54) is 0 Å². The summed E-state index contributed by atoms with van der Waals surface area (Å²) in [6.07, 6.45) is 0. The Kier molecular flexibility index (Phi) is 3.50. The van der Waals surface area contributed by atoms with Crippen LogP contribution in [0.4, 0.5) is 17.1 Å². The van der Waals surface area contributed by atoms with Gasteiger partial charge in [0, 0.05) is 11.4 Å². The lowest BCUT2D eigenvalue weighted by molar-refractivity contribution is 0.342. The van der Waals surface area contributed by atoms with Crippen LogP contribution in [0.1, 0.15) is 6.92 Å². The Morgan fingerprint density at radius 1 is 1.06 bits per heavy atom. The van der Waals surface area contributed by atoms with Crippen molar-refractivity contribution in [2.45, 2.75) is 6.92 Å². The van der Waals surface area contributed by atoms with Crippen molar-refractivity contribution in [2.75, 3.05) is 17.7 Å². The summed E-state index contributed by atoms with van der Waals surface area (Å²) < 4.78 is 5.55. The van der Waals surface area contributed by atoms with Crippen LogP contribution in [0.5, 0.6) is 5.75 Å². The van der Waals surface area contributed by atoms with E-state index in [1.54, 1.807) is 0 Å². The van der Waals surface area contributed by atoms with E-state index < -0.39 is 0 Å². The largest absolute Gasteiger partial charge is 0.492 e. The highest BCUT2D eigenvalue weighted by atomic mass is 16.5. The molecule has 0 aliphatic carbocycles. The molecule has 2 rings (SSSR count). The minimum Gasteiger partial charge on any atom is -0.492 e. The van der Waals surface area contributed by atoms with Crippen molar-refractivity contribution in [1.29, 1.82) is 0 Å². The third-order valence-electron chi connectivity index (χ3n) is 2.38. The fourth-order valence-corrected chi connectivity index (χ4v) is 1.57. The molecule has 0 bridgehead atoms. The highest BCUT2D eigenvalue weighted by Gasteiger charge is 2.02. The Balaban J connectivity index is 2.20. The van der Waals surface area contributed by atoms with E-state index >= 15 is 0 Å². The van der Waals surface area contributed by atoms with Crippen LogP contribution in [0.15, 0.2) is 48.5 Å². The Labute approximate surface area is 101 Å². The fourth-order valence-electron chi connectivity index (χ4n) is 1.57. The normalized spacial score (nSPS) is 9.94. The molecule has 0 aromatic heterocycles. The molecule has 0 spiro atoms. The first-order valence-corrected chi connectivity index (χ1v) is 5.64. The lowest BCUT2D eigenvalue weighted by Crippen LogP contribution is -1.97. The van der Waals surface area contributed by atoms with Crippen molar-refractivity contribution in [1.82, 2.24) is 0 Å². The molecule has 0 heterocycles. The zero-order valence-electron chi connectivity index (χ0n) is 9.81. The van der Waals surface area contributed by atoms with Gasteiger partial charge in [0.25, 0.3) is 0 Å². The molecule has 3 N–H and O–H groups in total. The maximum Gasteiger partial charge on any atom is 0.142 e. The maximum absolute atomic E-state index is 5.65. The maximum atomic E-state index is 5.65. The van der Waals surface area contributed by atoms with Crippen molar-refractivity contribution in [3.8, 4) is 5.75 Å². The molecule has 2 aromatic carbocycles. The summed E-state index contributed by atoms with van der Waals surface area (Å²) in [5.41, 5.74) is 8.35. The molecule has 17 heavy (non-hydrogen) atoms. The van der Waals surface area contributed by atoms with Crippen LogP contribution in [0, 0.1) is 0 Å². The van der Waals surface area contributed by atoms with Crippen LogP contribution >= 0.6 is 0 Å². The van der Waals surface area contributed by atoms with E-state index in [4.69, 9.17) is 10.5 Å². The van der Waals surface area contributed by atoms with Gasteiger partial charge >= 0.3 is 0 Å². The number of nitrogen functional groups attached to an aromatic ring is 1. The van der Waals surface area contributed by atoms with E-state index in [0.29, 0.717) is 6.61 Å². The molecule has 0 saturated carbocycles. The Morgan fingerprint density at radius 2 is 1.76 bits per heavy atom. The minimum absolute atomic E-state index is 0.653. The number of hydrogen-bond donors (Lipinski definition) is 2. The number of anilines is 3. The smallest absolute Gasteiger partial charge is 0.142 e. The summed E-state index contributed by atoms with van der Waals surface area (Å²) in [7, 11) is 0. The molecule has 0 radical (unpaired) electrons. The average molecular weight is 228 g/mol. The standard InChI is InChI=1S/C14H16N2O/c1-2-17-14-6-4-3-5-13(14)16-12-9-7-11(15)8-10-12/h3-10,16H,2,15H2,1H3. The third kappa shape index (κ3) is 2.91. The second-order valence-corrected chi connectivity index (χ2v) is 3.68. The van der Waals surface area contributed by atoms with Gasteiger partial charge in [0.2, 0.25) is 0 Å². The first-order chi connectivity index (χ1) is 8.29. The first kappa shape index (κ1) is 11.3. The Hall–Kier alpha value is -2.16.